The van der Waals surface area contributed by atoms with E-state index in [4.69, 9.17) is 0 Å². The minimum Gasteiger partial charge on any atom is -0.488 e. The number of ether oxygens (including phenoxy) is 1. The Hall–Kier alpha value is 0.160. The fourth-order valence-electron chi connectivity index (χ4n) is 0.487. The van der Waals surface area contributed by atoms with Gasteiger partial charge in [0.25, 0.3) is 0 Å². The summed E-state index contributed by atoms with van der Waals surface area (Å²) in [5, 5.41) is 0. The summed E-state index contributed by atoms with van der Waals surface area (Å²) < 4.78 is 40.8. The van der Waals surface area contributed by atoms with Crippen LogP contribution in [0.5, 0.6) is 0 Å². The zero-order valence-electron chi connectivity index (χ0n) is 6.54. The van der Waals surface area contributed by atoms with Crippen molar-refractivity contribution in [2.75, 3.05) is 12.9 Å². The molecule has 0 aromatic carbocycles. The molecule has 0 saturated heterocycles. The van der Waals surface area contributed by atoms with Crippen LogP contribution in [-0.4, -0.2) is 19.0 Å². The first-order valence-electron chi connectivity index (χ1n) is 3.07. The molecule has 6 heteroatoms. The van der Waals surface area contributed by atoms with Gasteiger partial charge in [0.15, 0.2) is 0 Å². The van der Waals surface area contributed by atoms with E-state index in [0.29, 0.717) is 0 Å². The molecule has 0 heterocycles. The van der Waals surface area contributed by atoms with Gasteiger partial charge in [0.2, 0.25) is 5.76 Å². The molecule has 0 amide bonds. The number of alkyl halides is 3. The van der Waals surface area contributed by atoms with Gasteiger partial charge in [-0.05, 0) is 29.1 Å². The van der Waals surface area contributed by atoms with E-state index < -0.39 is 11.9 Å². The highest BCUT2D eigenvalue weighted by molar-refractivity contribution is 9.14. The number of halogens is 4. The number of hydrogen-bond donors (Lipinski definition) is 0. The van der Waals surface area contributed by atoms with E-state index in [9.17, 15) is 13.2 Å². The Bertz CT molecular complexity index is 178. The Balaban J connectivity index is 4.66. The standard InChI is InChI=1S/C6H8BrF3OS/c1-3-11-4(5(7)12-2)6(8,9)10/h3H2,1-2H3/b5-4+. The van der Waals surface area contributed by atoms with Crippen LogP contribution in [0.15, 0.2) is 9.57 Å². The lowest BCUT2D eigenvalue weighted by atomic mass is 10.5. The summed E-state index contributed by atoms with van der Waals surface area (Å²) in [7, 11) is 0. The lowest BCUT2D eigenvalue weighted by Gasteiger charge is -2.13. The molecule has 0 aromatic rings. The van der Waals surface area contributed by atoms with E-state index in [1.807, 2.05) is 0 Å². The van der Waals surface area contributed by atoms with Crippen molar-refractivity contribution in [3.63, 3.8) is 0 Å². The molecule has 0 N–H and O–H groups in total. The van der Waals surface area contributed by atoms with Gasteiger partial charge in [-0.15, -0.1) is 11.8 Å². The topological polar surface area (TPSA) is 9.23 Å². The second-order valence-electron chi connectivity index (χ2n) is 1.74. The quantitative estimate of drug-likeness (QED) is 0.722. The molecule has 0 rings (SSSR count). The SMILES string of the molecule is CCO/C(=C(\Br)SC)C(F)(F)F. The molecule has 1 nitrogen and oxygen atoms in total. The summed E-state index contributed by atoms with van der Waals surface area (Å²) in [6.07, 6.45) is -2.88. The molecule has 0 aliphatic carbocycles. The molecule has 0 fully saturated rings. The van der Waals surface area contributed by atoms with Gasteiger partial charge < -0.3 is 4.74 Å². The molecule has 72 valence electrons. The van der Waals surface area contributed by atoms with Crippen molar-refractivity contribution in [3.05, 3.63) is 9.57 Å². The monoisotopic (exact) mass is 264 g/mol. The highest BCUT2D eigenvalue weighted by atomic mass is 79.9. The van der Waals surface area contributed by atoms with E-state index in [-0.39, 0.29) is 10.4 Å². The summed E-state index contributed by atoms with van der Waals surface area (Å²) in [4.78, 5) is 0. The van der Waals surface area contributed by atoms with Crippen molar-refractivity contribution < 1.29 is 17.9 Å². The van der Waals surface area contributed by atoms with Gasteiger partial charge in [0, 0.05) is 0 Å². The number of thioether (sulfide) groups is 1. The smallest absolute Gasteiger partial charge is 0.450 e. The Morgan fingerprint density at radius 3 is 2.25 bits per heavy atom. The average Bonchev–Trinajstić information content (AvgIpc) is 1.96. The molecule has 0 aliphatic rings. The number of rotatable bonds is 3. The summed E-state index contributed by atoms with van der Waals surface area (Å²) in [6, 6.07) is 0. The summed E-state index contributed by atoms with van der Waals surface area (Å²) in [5.41, 5.74) is 0. The molecule has 0 saturated carbocycles. The molecular formula is C6H8BrF3OS. The average molecular weight is 265 g/mol. The van der Waals surface area contributed by atoms with Crippen molar-refractivity contribution in [1.82, 2.24) is 0 Å². The fraction of sp³-hybridized carbons (Fsp3) is 0.667. The molecule has 0 unspecified atom stereocenters. The summed E-state index contributed by atoms with van der Waals surface area (Å²) in [5.74, 6) is -0.961. The van der Waals surface area contributed by atoms with Gasteiger partial charge in [0.1, 0.15) is 0 Å². The molecule has 0 aliphatic heterocycles. The van der Waals surface area contributed by atoms with E-state index >= 15 is 0 Å². The van der Waals surface area contributed by atoms with Gasteiger partial charge in [-0.1, -0.05) is 0 Å². The third-order valence-electron chi connectivity index (χ3n) is 0.904. The molecule has 0 atom stereocenters. The minimum atomic E-state index is -4.42. The van der Waals surface area contributed by atoms with Crippen molar-refractivity contribution in [2.45, 2.75) is 13.1 Å². The first-order chi connectivity index (χ1) is 5.43. The summed E-state index contributed by atoms with van der Waals surface area (Å²) >= 11 is 3.73. The van der Waals surface area contributed by atoms with Gasteiger partial charge in [-0.25, -0.2) is 0 Å². The van der Waals surface area contributed by atoms with Crippen molar-refractivity contribution in [3.8, 4) is 0 Å². The third kappa shape index (κ3) is 3.71. The largest absolute Gasteiger partial charge is 0.488 e. The van der Waals surface area contributed by atoms with Crippen molar-refractivity contribution in [2.24, 2.45) is 0 Å². The lowest BCUT2D eigenvalue weighted by Crippen LogP contribution is -2.15. The normalized spacial score (nSPS) is 14.2. The Morgan fingerprint density at radius 1 is 1.50 bits per heavy atom. The van der Waals surface area contributed by atoms with Crippen molar-refractivity contribution >= 4 is 27.7 Å². The molecular weight excluding hydrogens is 257 g/mol. The van der Waals surface area contributed by atoms with Gasteiger partial charge in [0.05, 0.1) is 10.4 Å². The third-order valence-corrected chi connectivity index (χ3v) is 2.78. The molecule has 12 heavy (non-hydrogen) atoms. The van der Waals surface area contributed by atoms with Crippen LogP contribution in [0.2, 0.25) is 0 Å². The van der Waals surface area contributed by atoms with Crippen LogP contribution in [0.1, 0.15) is 6.92 Å². The van der Waals surface area contributed by atoms with Gasteiger partial charge >= 0.3 is 6.18 Å². The van der Waals surface area contributed by atoms with Crippen molar-refractivity contribution in [1.29, 1.82) is 0 Å². The molecule has 0 radical (unpaired) electrons. The van der Waals surface area contributed by atoms with Crippen LogP contribution >= 0.6 is 27.7 Å². The van der Waals surface area contributed by atoms with E-state index in [1.165, 1.54) is 13.2 Å². The molecule has 0 spiro atoms. The maximum atomic E-state index is 12.1. The Morgan fingerprint density at radius 2 is 2.00 bits per heavy atom. The van der Waals surface area contributed by atoms with Crippen LogP contribution in [0, 0.1) is 0 Å². The first kappa shape index (κ1) is 12.2. The van der Waals surface area contributed by atoms with Crippen LogP contribution in [0.3, 0.4) is 0 Å². The van der Waals surface area contributed by atoms with Crippen LogP contribution < -0.4 is 0 Å². The van der Waals surface area contributed by atoms with E-state index in [1.54, 1.807) is 0 Å². The zero-order valence-corrected chi connectivity index (χ0v) is 8.94. The highest BCUT2D eigenvalue weighted by Gasteiger charge is 2.38. The Labute approximate surface area is 81.5 Å². The molecule has 0 aromatic heterocycles. The van der Waals surface area contributed by atoms with E-state index in [0.717, 1.165) is 11.8 Å². The molecule has 0 bridgehead atoms. The second kappa shape index (κ2) is 5.01. The van der Waals surface area contributed by atoms with Gasteiger partial charge in [-0.3, -0.25) is 0 Å². The fourth-order valence-corrected chi connectivity index (χ4v) is 1.19. The van der Waals surface area contributed by atoms with Crippen LogP contribution in [0.4, 0.5) is 13.2 Å². The predicted octanol–water partition coefficient (Wildman–Crippen LogP) is 3.51. The summed E-state index contributed by atoms with van der Waals surface area (Å²) in [6.45, 7) is 1.51. The highest BCUT2D eigenvalue weighted by Crippen LogP contribution is 2.35. The maximum Gasteiger partial charge on any atom is 0.450 e. The van der Waals surface area contributed by atoms with Gasteiger partial charge in [-0.2, -0.15) is 13.2 Å². The van der Waals surface area contributed by atoms with Crippen LogP contribution in [0.25, 0.3) is 0 Å². The van der Waals surface area contributed by atoms with E-state index in [2.05, 4.69) is 20.7 Å². The lowest BCUT2D eigenvalue weighted by molar-refractivity contribution is -0.129. The maximum absolute atomic E-state index is 12.1. The minimum absolute atomic E-state index is 0.00447. The first-order valence-corrected chi connectivity index (χ1v) is 5.09. The number of hydrogen-bond acceptors (Lipinski definition) is 2. The Kier molecular flexibility index (Phi) is 5.08. The predicted molar refractivity (Wildman–Crippen MR) is 47.1 cm³/mol. The zero-order chi connectivity index (χ0) is 9.78. The number of allylic oxidation sites excluding steroid dienone is 1. The second-order valence-corrected chi connectivity index (χ2v) is 3.87. The van der Waals surface area contributed by atoms with Crippen LogP contribution in [-0.2, 0) is 4.74 Å².